The molecule has 0 aromatic heterocycles. The van der Waals surface area contributed by atoms with Crippen LogP contribution in [0.15, 0.2) is 40.9 Å². The van der Waals surface area contributed by atoms with Gasteiger partial charge >= 0.3 is 6.03 Å². The summed E-state index contributed by atoms with van der Waals surface area (Å²) in [6.07, 6.45) is 0.764. The molecule has 1 aliphatic heterocycles. The zero-order valence-electron chi connectivity index (χ0n) is 13.9. The number of nitrogens with zero attached hydrogens (tertiary/aromatic N) is 1. The van der Waals surface area contributed by atoms with Crippen molar-refractivity contribution in [2.75, 3.05) is 29.2 Å². The molecule has 1 heterocycles. The first-order valence-corrected chi connectivity index (χ1v) is 8.60. The number of methoxy groups -OCH3 is 1. The van der Waals surface area contributed by atoms with Crippen molar-refractivity contribution in [3.63, 3.8) is 0 Å². The van der Waals surface area contributed by atoms with E-state index in [0.29, 0.717) is 23.7 Å². The molecule has 0 unspecified atom stereocenters. The van der Waals surface area contributed by atoms with E-state index in [4.69, 9.17) is 4.74 Å². The van der Waals surface area contributed by atoms with Crippen molar-refractivity contribution in [1.82, 2.24) is 0 Å². The van der Waals surface area contributed by atoms with Crippen molar-refractivity contribution < 1.29 is 14.3 Å². The third kappa shape index (κ3) is 3.76. The van der Waals surface area contributed by atoms with Gasteiger partial charge in [0.15, 0.2) is 0 Å². The molecule has 3 rings (SSSR count). The molecule has 0 bridgehead atoms. The SMILES string of the molecule is COc1cccc(NC(=O)Nc2cc(Br)cc3c2N(C(C)=O)CC3)c1. The lowest BCUT2D eigenvalue weighted by Crippen LogP contribution is -2.28. The van der Waals surface area contributed by atoms with E-state index in [9.17, 15) is 9.59 Å². The van der Waals surface area contributed by atoms with Crippen molar-refractivity contribution in [1.29, 1.82) is 0 Å². The highest BCUT2D eigenvalue weighted by molar-refractivity contribution is 9.10. The van der Waals surface area contributed by atoms with Gasteiger partial charge < -0.3 is 20.3 Å². The third-order valence-electron chi connectivity index (χ3n) is 3.98. The number of amides is 3. The topological polar surface area (TPSA) is 70.7 Å². The number of ether oxygens (including phenoxy) is 1. The van der Waals surface area contributed by atoms with E-state index in [-0.39, 0.29) is 11.9 Å². The van der Waals surface area contributed by atoms with Crippen LogP contribution >= 0.6 is 15.9 Å². The summed E-state index contributed by atoms with van der Waals surface area (Å²) in [5, 5.41) is 5.61. The van der Waals surface area contributed by atoms with Crippen LogP contribution in [0.5, 0.6) is 5.75 Å². The van der Waals surface area contributed by atoms with Crippen LogP contribution < -0.4 is 20.3 Å². The van der Waals surface area contributed by atoms with Crippen molar-refractivity contribution in [3.05, 3.63) is 46.4 Å². The zero-order chi connectivity index (χ0) is 18.0. The zero-order valence-corrected chi connectivity index (χ0v) is 15.5. The average Bonchev–Trinajstić information content (AvgIpc) is 2.99. The fourth-order valence-corrected chi connectivity index (χ4v) is 3.41. The Morgan fingerprint density at radius 1 is 1.20 bits per heavy atom. The fraction of sp³-hybridized carbons (Fsp3) is 0.222. The molecule has 25 heavy (non-hydrogen) atoms. The number of anilines is 3. The largest absolute Gasteiger partial charge is 0.497 e. The molecular formula is C18H18BrN3O3. The van der Waals surface area contributed by atoms with E-state index in [1.165, 1.54) is 6.92 Å². The van der Waals surface area contributed by atoms with Gasteiger partial charge in [0.1, 0.15) is 5.75 Å². The van der Waals surface area contributed by atoms with Gasteiger partial charge in [0, 0.05) is 29.7 Å². The maximum absolute atomic E-state index is 12.4. The first-order chi connectivity index (χ1) is 12.0. The number of benzene rings is 2. The van der Waals surface area contributed by atoms with Crippen LogP contribution in [0.2, 0.25) is 0 Å². The predicted molar refractivity (Wildman–Crippen MR) is 102 cm³/mol. The first-order valence-electron chi connectivity index (χ1n) is 7.80. The average molecular weight is 404 g/mol. The second kappa shape index (κ2) is 7.14. The third-order valence-corrected chi connectivity index (χ3v) is 4.44. The minimum absolute atomic E-state index is 0.0441. The van der Waals surface area contributed by atoms with Gasteiger partial charge in [-0.05, 0) is 36.2 Å². The number of carbonyl (C=O) groups excluding carboxylic acids is 2. The van der Waals surface area contributed by atoms with Crippen LogP contribution in [0.4, 0.5) is 21.9 Å². The predicted octanol–water partition coefficient (Wildman–Crippen LogP) is 4.01. The van der Waals surface area contributed by atoms with Gasteiger partial charge in [-0.2, -0.15) is 0 Å². The molecule has 0 saturated heterocycles. The molecule has 0 radical (unpaired) electrons. The van der Waals surface area contributed by atoms with Gasteiger partial charge in [0.05, 0.1) is 18.5 Å². The summed E-state index contributed by atoms with van der Waals surface area (Å²) in [6.45, 7) is 2.14. The number of fused-ring (bicyclic) bond motifs is 1. The maximum Gasteiger partial charge on any atom is 0.323 e. The Morgan fingerprint density at radius 3 is 2.72 bits per heavy atom. The molecule has 0 atom stereocenters. The number of carbonyl (C=O) groups is 2. The molecule has 2 aromatic rings. The van der Waals surface area contributed by atoms with Crippen molar-refractivity contribution in [2.24, 2.45) is 0 Å². The van der Waals surface area contributed by atoms with Crippen LogP contribution in [0, 0.1) is 0 Å². The van der Waals surface area contributed by atoms with Gasteiger partial charge in [-0.3, -0.25) is 4.79 Å². The minimum Gasteiger partial charge on any atom is -0.497 e. The van der Waals surface area contributed by atoms with Gasteiger partial charge in [-0.25, -0.2) is 4.79 Å². The minimum atomic E-state index is -0.385. The van der Waals surface area contributed by atoms with Gasteiger partial charge in [-0.1, -0.05) is 22.0 Å². The van der Waals surface area contributed by atoms with E-state index in [0.717, 1.165) is 22.1 Å². The molecule has 130 valence electrons. The number of halogens is 1. The Hall–Kier alpha value is -2.54. The lowest BCUT2D eigenvalue weighted by molar-refractivity contribution is -0.116. The summed E-state index contributed by atoms with van der Waals surface area (Å²) in [6, 6.07) is 10.5. The Balaban J connectivity index is 1.83. The van der Waals surface area contributed by atoms with E-state index >= 15 is 0 Å². The summed E-state index contributed by atoms with van der Waals surface area (Å²) < 4.78 is 6.00. The molecule has 0 spiro atoms. The lowest BCUT2D eigenvalue weighted by atomic mass is 10.1. The highest BCUT2D eigenvalue weighted by Crippen LogP contribution is 2.38. The van der Waals surface area contributed by atoms with Crippen molar-refractivity contribution in [2.45, 2.75) is 13.3 Å². The molecule has 2 aromatic carbocycles. The number of urea groups is 1. The van der Waals surface area contributed by atoms with Crippen LogP contribution in [-0.2, 0) is 11.2 Å². The monoisotopic (exact) mass is 403 g/mol. The van der Waals surface area contributed by atoms with Crippen LogP contribution in [0.1, 0.15) is 12.5 Å². The highest BCUT2D eigenvalue weighted by Gasteiger charge is 2.26. The van der Waals surface area contributed by atoms with Crippen LogP contribution in [-0.4, -0.2) is 25.6 Å². The van der Waals surface area contributed by atoms with Crippen LogP contribution in [0.25, 0.3) is 0 Å². The molecule has 2 N–H and O–H groups in total. The molecule has 1 aliphatic rings. The molecule has 7 heteroatoms. The number of nitrogens with one attached hydrogen (secondary N) is 2. The molecule has 6 nitrogen and oxygen atoms in total. The van der Waals surface area contributed by atoms with Gasteiger partial charge in [0.2, 0.25) is 5.91 Å². The number of hydrogen-bond acceptors (Lipinski definition) is 3. The van der Waals surface area contributed by atoms with E-state index < -0.39 is 0 Å². The molecule has 3 amide bonds. The summed E-state index contributed by atoms with van der Waals surface area (Å²) >= 11 is 3.46. The summed E-state index contributed by atoms with van der Waals surface area (Å²) in [7, 11) is 1.57. The summed E-state index contributed by atoms with van der Waals surface area (Å²) in [5.41, 5.74) is 3.00. The number of rotatable bonds is 3. The van der Waals surface area contributed by atoms with Gasteiger partial charge in [0.25, 0.3) is 0 Å². The van der Waals surface area contributed by atoms with E-state index in [2.05, 4.69) is 26.6 Å². The maximum atomic E-state index is 12.4. The second-order valence-corrected chi connectivity index (χ2v) is 6.61. The second-order valence-electron chi connectivity index (χ2n) is 5.69. The Bertz CT molecular complexity index is 838. The number of hydrogen-bond donors (Lipinski definition) is 2. The first kappa shape index (κ1) is 17.3. The highest BCUT2D eigenvalue weighted by atomic mass is 79.9. The summed E-state index contributed by atoms with van der Waals surface area (Å²) in [5.74, 6) is 0.612. The van der Waals surface area contributed by atoms with Crippen LogP contribution in [0.3, 0.4) is 0 Å². The van der Waals surface area contributed by atoms with Gasteiger partial charge in [-0.15, -0.1) is 0 Å². The quantitative estimate of drug-likeness (QED) is 0.812. The Morgan fingerprint density at radius 2 is 2.00 bits per heavy atom. The molecule has 0 aliphatic carbocycles. The Kier molecular flexibility index (Phi) is 4.94. The summed E-state index contributed by atoms with van der Waals surface area (Å²) in [4.78, 5) is 25.9. The molecule has 0 saturated carbocycles. The van der Waals surface area contributed by atoms with E-state index in [1.54, 1.807) is 42.3 Å². The smallest absolute Gasteiger partial charge is 0.323 e. The fourth-order valence-electron chi connectivity index (χ4n) is 2.90. The normalized spacial score (nSPS) is 12.5. The van der Waals surface area contributed by atoms with Crippen molar-refractivity contribution >= 4 is 44.9 Å². The Labute approximate surface area is 154 Å². The van der Waals surface area contributed by atoms with Crippen molar-refractivity contribution in [3.8, 4) is 5.75 Å². The molecule has 0 fully saturated rings. The lowest BCUT2D eigenvalue weighted by Gasteiger charge is -2.19. The standard InChI is InChI=1S/C18H18BrN3O3/c1-11(23)22-7-6-12-8-13(19)9-16(17(12)22)21-18(24)20-14-4-3-5-15(10-14)25-2/h3-5,8-10H,6-7H2,1-2H3,(H2,20,21,24). The van der Waals surface area contributed by atoms with E-state index in [1.807, 2.05) is 6.07 Å². The molecular weight excluding hydrogens is 386 g/mol.